The molecule has 2 heterocycles. The number of benzene rings is 2. The molecular formula is C25H26O7. The van der Waals surface area contributed by atoms with Gasteiger partial charge in [-0.15, -0.1) is 0 Å². The van der Waals surface area contributed by atoms with Gasteiger partial charge in [-0.2, -0.15) is 0 Å². The van der Waals surface area contributed by atoms with Crippen LogP contribution in [0.15, 0.2) is 45.6 Å². The largest absolute Gasteiger partial charge is 0.506 e. The lowest BCUT2D eigenvalue weighted by atomic mass is 9.89. The first kappa shape index (κ1) is 22.0. The van der Waals surface area contributed by atoms with E-state index in [0.717, 1.165) is 0 Å². The number of ether oxygens (including phenoxy) is 1. The molecule has 2 atom stereocenters. The van der Waals surface area contributed by atoms with Crippen LogP contribution in [0.1, 0.15) is 56.1 Å². The van der Waals surface area contributed by atoms with Crippen molar-refractivity contribution in [3.8, 4) is 22.6 Å². The minimum Gasteiger partial charge on any atom is -0.506 e. The number of phenols is 1. The molecule has 0 radical (unpaired) electrons. The second-order valence-electron chi connectivity index (χ2n) is 9.17. The van der Waals surface area contributed by atoms with Gasteiger partial charge in [0.1, 0.15) is 23.2 Å². The third kappa shape index (κ3) is 3.57. The fourth-order valence-corrected chi connectivity index (χ4v) is 4.23. The normalized spacial score (nSPS) is 18.1. The average Bonchev–Trinajstić information content (AvgIpc) is 3.05. The Morgan fingerprint density at radius 1 is 1.19 bits per heavy atom. The van der Waals surface area contributed by atoms with Gasteiger partial charge in [0.25, 0.3) is 0 Å². The van der Waals surface area contributed by atoms with Gasteiger partial charge in [0.2, 0.25) is 0 Å². The van der Waals surface area contributed by atoms with Crippen molar-refractivity contribution in [1.82, 2.24) is 0 Å². The number of aliphatic hydroxyl groups excluding tert-OH is 1. The quantitative estimate of drug-likeness (QED) is 0.408. The molecule has 0 aliphatic carbocycles. The molecule has 2 aromatic carbocycles. The Hall–Kier alpha value is -3.16. The van der Waals surface area contributed by atoms with Gasteiger partial charge in [-0.1, -0.05) is 44.2 Å². The number of carbonyl (C=O) groups is 1. The number of ketones is 1. The topological polar surface area (TPSA) is 117 Å². The summed E-state index contributed by atoms with van der Waals surface area (Å²) >= 11 is 0. The number of aromatic hydroxyl groups is 1. The van der Waals surface area contributed by atoms with Crippen LogP contribution in [-0.4, -0.2) is 32.8 Å². The Labute approximate surface area is 184 Å². The predicted octanol–water partition coefficient (Wildman–Crippen LogP) is 3.96. The maximum atomic E-state index is 13.2. The zero-order valence-corrected chi connectivity index (χ0v) is 18.4. The van der Waals surface area contributed by atoms with Crippen molar-refractivity contribution >= 4 is 16.8 Å². The lowest BCUT2D eigenvalue weighted by molar-refractivity contribution is -0.0763. The Bertz CT molecular complexity index is 1250. The molecule has 0 amide bonds. The van der Waals surface area contributed by atoms with Gasteiger partial charge in [-0.3, -0.25) is 4.79 Å². The van der Waals surface area contributed by atoms with E-state index >= 15 is 0 Å². The summed E-state index contributed by atoms with van der Waals surface area (Å²) < 4.78 is 11.3. The van der Waals surface area contributed by atoms with Crippen LogP contribution >= 0.6 is 0 Å². The molecule has 0 bridgehead atoms. The van der Waals surface area contributed by atoms with Gasteiger partial charge in [0.05, 0.1) is 16.6 Å². The second-order valence-corrected chi connectivity index (χ2v) is 9.17. The zero-order chi connectivity index (χ0) is 23.4. The number of fused-ring (bicyclic) bond motifs is 3. The van der Waals surface area contributed by atoms with Crippen molar-refractivity contribution in [2.24, 2.45) is 5.92 Å². The van der Waals surface area contributed by atoms with Crippen LogP contribution in [0.4, 0.5) is 0 Å². The molecule has 3 aromatic rings. The number of Topliss-reactive ketones (excluding diaryl/α,β-unsaturated/α-hetero) is 1. The molecule has 1 aliphatic rings. The summed E-state index contributed by atoms with van der Waals surface area (Å²) in [5.41, 5.74) is -1.23. The first-order valence-electron chi connectivity index (χ1n) is 10.5. The maximum absolute atomic E-state index is 13.2. The number of hydrogen-bond acceptors (Lipinski definition) is 7. The van der Waals surface area contributed by atoms with E-state index < -0.39 is 23.4 Å². The van der Waals surface area contributed by atoms with Crippen LogP contribution in [0.5, 0.6) is 11.5 Å². The van der Waals surface area contributed by atoms with Crippen LogP contribution in [0, 0.1) is 5.92 Å². The van der Waals surface area contributed by atoms with Crippen LogP contribution < -0.4 is 10.4 Å². The Kier molecular flexibility index (Phi) is 5.35. The summed E-state index contributed by atoms with van der Waals surface area (Å²) in [7, 11) is 0. The Balaban J connectivity index is 2.13. The van der Waals surface area contributed by atoms with Crippen molar-refractivity contribution in [3.05, 3.63) is 57.9 Å². The van der Waals surface area contributed by atoms with Crippen molar-refractivity contribution in [2.45, 2.75) is 51.9 Å². The fourth-order valence-electron chi connectivity index (χ4n) is 4.23. The first-order valence-corrected chi connectivity index (χ1v) is 10.5. The SMILES string of the molecule is CC(C)CC(=O)c1c2c(c3oc(=O)cc(-c4ccccc4)c3c1O)C(O)C(C(C)(C)O)O2. The molecule has 0 spiro atoms. The van der Waals surface area contributed by atoms with Gasteiger partial charge < -0.3 is 24.5 Å². The van der Waals surface area contributed by atoms with Crippen molar-refractivity contribution in [1.29, 1.82) is 0 Å². The second kappa shape index (κ2) is 7.76. The third-order valence-corrected chi connectivity index (χ3v) is 5.63. The van der Waals surface area contributed by atoms with E-state index in [9.17, 15) is 24.9 Å². The van der Waals surface area contributed by atoms with Gasteiger partial charge in [0.15, 0.2) is 17.5 Å². The molecule has 1 aliphatic heterocycles. The molecule has 1 aromatic heterocycles. The van der Waals surface area contributed by atoms with Crippen molar-refractivity contribution < 1.29 is 29.3 Å². The molecule has 32 heavy (non-hydrogen) atoms. The van der Waals surface area contributed by atoms with Gasteiger partial charge >= 0.3 is 5.63 Å². The summed E-state index contributed by atoms with van der Waals surface area (Å²) in [5, 5.41) is 33.0. The maximum Gasteiger partial charge on any atom is 0.336 e. The summed E-state index contributed by atoms with van der Waals surface area (Å²) in [4.78, 5) is 25.6. The Morgan fingerprint density at radius 2 is 1.84 bits per heavy atom. The van der Waals surface area contributed by atoms with E-state index in [4.69, 9.17) is 9.15 Å². The van der Waals surface area contributed by atoms with E-state index in [2.05, 4.69) is 0 Å². The zero-order valence-electron chi connectivity index (χ0n) is 18.4. The monoisotopic (exact) mass is 438 g/mol. The molecule has 3 N–H and O–H groups in total. The van der Waals surface area contributed by atoms with Crippen LogP contribution in [0.2, 0.25) is 0 Å². The predicted molar refractivity (Wildman–Crippen MR) is 119 cm³/mol. The van der Waals surface area contributed by atoms with Crippen molar-refractivity contribution in [2.75, 3.05) is 0 Å². The highest BCUT2D eigenvalue weighted by Gasteiger charge is 2.47. The number of rotatable bonds is 5. The van der Waals surface area contributed by atoms with Crippen LogP contribution in [-0.2, 0) is 0 Å². The van der Waals surface area contributed by atoms with Crippen LogP contribution in [0.25, 0.3) is 22.1 Å². The molecule has 7 nitrogen and oxygen atoms in total. The number of hydrogen-bond donors (Lipinski definition) is 3. The van der Waals surface area contributed by atoms with E-state index in [1.165, 1.54) is 19.9 Å². The van der Waals surface area contributed by atoms with E-state index in [-0.39, 0.29) is 51.7 Å². The van der Waals surface area contributed by atoms with Crippen LogP contribution in [0.3, 0.4) is 0 Å². The average molecular weight is 438 g/mol. The lowest BCUT2D eigenvalue weighted by Crippen LogP contribution is -2.41. The molecule has 7 heteroatoms. The van der Waals surface area contributed by atoms with E-state index in [0.29, 0.717) is 11.1 Å². The highest BCUT2D eigenvalue weighted by molar-refractivity contribution is 6.11. The summed E-state index contributed by atoms with van der Waals surface area (Å²) in [5.74, 6) is -0.805. The summed E-state index contributed by atoms with van der Waals surface area (Å²) in [6.07, 6.45) is -2.37. The highest BCUT2D eigenvalue weighted by atomic mass is 16.5. The van der Waals surface area contributed by atoms with Gasteiger partial charge in [0, 0.05) is 18.1 Å². The molecule has 0 fully saturated rings. The number of aliphatic hydroxyl groups is 2. The van der Waals surface area contributed by atoms with Gasteiger partial charge in [-0.25, -0.2) is 4.79 Å². The fraction of sp³-hybridized carbons (Fsp3) is 0.360. The highest BCUT2D eigenvalue weighted by Crippen LogP contribution is 2.52. The molecule has 4 rings (SSSR count). The molecule has 0 saturated heterocycles. The minimum atomic E-state index is -1.48. The summed E-state index contributed by atoms with van der Waals surface area (Å²) in [6, 6.07) is 10.2. The molecule has 2 unspecified atom stereocenters. The Morgan fingerprint density at radius 3 is 2.44 bits per heavy atom. The number of phenolic OH excluding ortho intramolecular Hbond substituents is 1. The first-order chi connectivity index (χ1) is 15.0. The molecule has 0 saturated carbocycles. The summed E-state index contributed by atoms with van der Waals surface area (Å²) in [6.45, 7) is 6.69. The third-order valence-electron chi connectivity index (χ3n) is 5.63. The standard InChI is InChI=1S/C25H26O7/c1-12(2)10-15(26)18-20(28)17-14(13-8-6-5-7-9-13)11-16(27)31-22(17)19-21(29)24(25(3,4)30)32-23(18)19/h5-9,11-12,21,24,28-30H,10H2,1-4H3. The van der Waals surface area contributed by atoms with Crippen molar-refractivity contribution in [3.63, 3.8) is 0 Å². The van der Waals surface area contributed by atoms with E-state index in [1.54, 1.807) is 24.3 Å². The van der Waals surface area contributed by atoms with E-state index in [1.807, 2.05) is 19.9 Å². The number of carbonyl (C=O) groups excluding carboxylic acids is 1. The van der Waals surface area contributed by atoms with Gasteiger partial charge in [-0.05, 0) is 25.3 Å². The minimum absolute atomic E-state index is 0.00644. The molecular weight excluding hydrogens is 412 g/mol. The smallest absolute Gasteiger partial charge is 0.336 e. The molecule has 168 valence electrons. The lowest BCUT2D eigenvalue weighted by Gasteiger charge is -2.27.